The molecule has 0 bridgehead atoms. The predicted octanol–water partition coefficient (Wildman–Crippen LogP) is 5.30. The fraction of sp³-hybridized carbons (Fsp3) is 0.207. The Balaban J connectivity index is 1.68. The highest BCUT2D eigenvalue weighted by Crippen LogP contribution is 2.37. The zero-order chi connectivity index (χ0) is 27.9. The second kappa shape index (κ2) is 12.0. The van der Waals surface area contributed by atoms with E-state index in [1.54, 1.807) is 36.1 Å². The molecule has 3 aromatic rings. The molecule has 10 heteroatoms. The molecule has 2 N–H and O–H groups in total. The highest BCUT2D eigenvalue weighted by Gasteiger charge is 2.38. The third-order valence-corrected chi connectivity index (χ3v) is 6.16. The van der Waals surface area contributed by atoms with Gasteiger partial charge < -0.3 is 15.4 Å². The van der Waals surface area contributed by atoms with E-state index in [4.69, 9.17) is 4.74 Å². The highest BCUT2D eigenvalue weighted by molar-refractivity contribution is 6.05. The van der Waals surface area contributed by atoms with Crippen molar-refractivity contribution in [3.05, 3.63) is 111 Å². The van der Waals surface area contributed by atoms with E-state index in [1.807, 2.05) is 37.3 Å². The van der Waals surface area contributed by atoms with Crippen molar-refractivity contribution >= 4 is 35.0 Å². The fourth-order valence-corrected chi connectivity index (χ4v) is 4.37. The van der Waals surface area contributed by atoms with Gasteiger partial charge in [0.05, 0.1) is 28.8 Å². The normalized spacial score (nSPS) is 15.0. The minimum Gasteiger partial charge on any atom is -0.463 e. The van der Waals surface area contributed by atoms with E-state index < -0.39 is 22.8 Å². The van der Waals surface area contributed by atoms with E-state index in [1.165, 1.54) is 24.3 Å². The van der Waals surface area contributed by atoms with Gasteiger partial charge >= 0.3 is 12.0 Å². The number of carbonyl (C=O) groups excluding carboxylic acids is 3. The Morgan fingerprint density at radius 2 is 1.67 bits per heavy atom. The molecular weight excluding hydrogens is 500 g/mol. The van der Waals surface area contributed by atoms with E-state index in [-0.39, 0.29) is 23.9 Å². The molecule has 1 aliphatic rings. The van der Waals surface area contributed by atoms with Crippen molar-refractivity contribution in [1.82, 2.24) is 10.2 Å². The van der Waals surface area contributed by atoms with Gasteiger partial charge in [-0.1, -0.05) is 49.4 Å². The third kappa shape index (κ3) is 5.96. The summed E-state index contributed by atoms with van der Waals surface area (Å²) >= 11 is 0. The van der Waals surface area contributed by atoms with Crippen LogP contribution in [0.4, 0.5) is 16.2 Å². The van der Waals surface area contributed by atoms with Crippen LogP contribution in [-0.2, 0) is 9.53 Å². The van der Waals surface area contributed by atoms with Crippen molar-refractivity contribution in [2.24, 2.45) is 0 Å². The van der Waals surface area contributed by atoms with Crippen LogP contribution < -0.4 is 10.6 Å². The number of hydrogen-bond donors (Lipinski definition) is 2. The largest absolute Gasteiger partial charge is 0.463 e. The molecule has 0 radical (unpaired) electrons. The van der Waals surface area contributed by atoms with Crippen molar-refractivity contribution in [2.45, 2.75) is 26.3 Å². The second-order valence-corrected chi connectivity index (χ2v) is 8.76. The molecule has 0 spiro atoms. The molecule has 0 saturated carbocycles. The van der Waals surface area contributed by atoms with Gasteiger partial charge in [-0.3, -0.25) is 19.8 Å². The lowest BCUT2D eigenvalue weighted by molar-refractivity contribution is -0.384. The maximum atomic E-state index is 13.3. The van der Waals surface area contributed by atoms with Gasteiger partial charge in [0, 0.05) is 29.9 Å². The minimum absolute atomic E-state index is 0.108. The predicted molar refractivity (Wildman–Crippen MR) is 146 cm³/mol. The molecule has 0 aromatic heterocycles. The van der Waals surface area contributed by atoms with Crippen LogP contribution in [0.5, 0.6) is 0 Å². The molecule has 1 unspecified atom stereocenters. The minimum atomic E-state index is -0.778. The third-order valence-electron chi connectivity index (χ3n) is 6.16. The van der Waals surface area contributed by atoms with Gasteiger partial charge in [-0.2, -0.15) is 0 Å². The first-order valence-corrected chi connectivity index (χ1v) is 12.5. The Kier molecular flexibility index (Phi) is 8.35. The van der Waals surface area contributed by atoms with Crippen molar-refractivity contribution < 1.29 is 24.0 Å². The molecule has 39 heavy (non-hydrogen) atoms. The number of nitro groups is 1. The molecule has 200 valence electrons. The van der Waals surface area contributed by atoms with E-state index in [2.05, 4.69) is 10.6 Å². The molecule has 3 aromatic carbocycles. The van der Waals surface area contributed by atoms with Crippen LogP contribution in [0.15, 0.2) is 84.4 Å². The van der Waals surface area contributed by atoms with Gasteiger partial charge in [-0.25, -0.2) is 9.59 Å². The van der Waals surface area contributed by atoms with Crippen LogP contribution in [-0.4, -0.2) is 40.9 Å². The smallest absolute Gasteiger partial charge is 0.338 e. The SMILES string of the molecule is CCCN1C(=O)NC(c2ccc(NC(=O)c3ccc([N+](=O)[O-])cc3)cc2)C(C(=O)OCC)=C1c1ccccc1. The Hall–Kier alpha value is -4.99. The average Bonchev–Trinajstić information content (AvgIpc) is 2.95. The number of carbonyl (C=O) groups is 3. The molecule has 4 rings (SSSR count). The van der Waals surface area contributed by atoms with Crippen LogP contribution in [0.2, 0.25) is 0 Å². The first kappa shape index (κ1) is 27.1. The van der Waals surface area contributed by atoms with Crippen molar-refractivity contribution in [1.29, 1.82) is 0 Å². The first-order valence-electron chi connectivity index (χ1n) is 12.5. The van der Waals surface area contributed by atoms with Gasteiger partial charge in [0.1, 0.15) is 0 Å². The van der Waals surface area contributed by atoms with E-state index >= 15 is 0 Å². The zero-order valence-electron chi connectivity index (χ0n) is 21.5. The molecule has 0 fully saturated rings. The summed E-state index contributed by atoms with van der Waals surface area (Å²) in [6.07, 6.45) is 0.688. The van der Waals surface area contributed by atoms with Crippen LogP contribution >= 0.6 is 0 Å². The number of nitro benzene ring substituents is 1. The number of esters is 1. The van der Waals surface area contributed by atoms with Crippen LogP contribution in [0.3, 0.4) is 0 Å². The topological polar surface area (TPSA) is 131 Å². The zero-order valence-corrected chi connectivity index (χ0v) is 21.5. The molecular formula is C29H28N4O6. The molecule has 0 aliphatic carbocycles. The molecule has 10 nitrogen and oxygen atoms in total. The molecule has 0 saturated heterocycles. The number of nitrogens with one attached hydrogen (secondary N) is 2. The quantitative estimate of drug-likeness (QED) is 0.220. The fourth-order valence-electron chi connectivity index (χ4n) is 4.37. The van der Waals surface area contributed by atoms with Gasteiger partial charge in [0.15, 0.2) is 0 Å². The summed E-state index contributed by atoms with van der Waals surface area (Å²) in [6.45, 7) is 4.27. The number of nitrogens with zero attached hydrogens (tertiary/aromatic N) is 2. The van der Waals surface area contributed by atoms with Crippen molar-refractivity contribution in [3.8, 4) is 0 Å². The number of rotatable bonds is 9. The maximum absolute atomic E-state index is 13.3. The standard InChI is InChI=1S/C29H28N4O6/c1-3-18-32-26(20-8-6-5-7-9-20)24(28(35)39-4-2)25(31-29(32)36)19-10-14-22(15-11-19)30-27(34)21-12-16-23(17-13-21)33(37)38/h5-17,25H,3-4,18H2,1-2H3,(H,30,34)(H,31,36). The van der Waals surface area contributed by atoms with Crippen LogP contribution in [0, 0.1) is 10.1 Å². The summed E-state index contributed by atoms with van der Waals surface area (Å²) in [4.78, 5) is 51.1. The maximum Gasteiger partial charge on any atom is 0.338 e. The lowest BCUT2D eigenvalue weighted by atomic mass is 9.91. The number of non-ortho nitro benzene ring substituents is 1. The van der Waals surface area contributed by atoms with Gasteiger partial charge in [-0.05, 0) is 48.7 Å². The summed E-state index contributed by atoms with van der Waals surface area (Å²) < 4.78 is 5.42. The highest BCUT2D eigenvalue weighted by atomic mass is 16.6. The number of urea groups is 1. The molecule has 1 heterocycles. The second-order valence-electron chi connectivity index (χ2n) is 8.76. The molecule has 1 atom stereocenters. The summed E-state index contributed by atoms with van der Waals surface area (Å²) in [7, 11) is 0. The van der Waals surface area contributed by atoms with E-state index in [0.717, 1.165) is 5.56 Å². The van der Waals surface area contributed by atoms with Crippen molar-refractivity contribution in [2.75, 3.05) is 18.5 Å². The Morgan fingerprint density at radius 1 is 1.00 bits per heavy atom. The van der Waals surface area contributed by atoms with Crippen LogP contribution in [0.25, 0.3) is 5.70 Å². The summed E-state index contributed by atoms with van der Waals surface area (Å²) in [5.74, 6) is -0.963. The number of amides is 3. The summed E-state index contributed by atoms with van der Waals surface area (Å²) in [5, 5.41) is 16.5. The number of hydrogen-bond acceptors (Lipinski definition) is 6. The number of benzene rings is 3. The lowest BCUT2D eigenvalue weighted by Gasteiger charge is -2.36. The average molecular weight is 529 g/mol. The van der Waals surface area contributed by atoms with Gasteiger partial charge in [0.2, 0.25) is 0 Å². The number of anilines is 1. The summed E-state index contributed by atoms with van der Waals surface area (Å²) in [6, 6.07) is 20.2. The molecule has 1 aliphatic heterocycles. The van der Waals surface area contributed by atoms with Crippen LogP contribution in [0.1, 0.15) is 47.8 Å². The van der Waals surface area contributed by atoms with E-state index in [9.17, 15) is 24.5 Å². The first-order chi connectivity index (χ1) is 18.8. The lowest BCUT2D eigenvalue weighted by Crippen LogP contribution is -2.48. The Bertz CT molecular complexity index is 1400. The van der Waals surface area contributed by atoms with Gasteiger partial charge in [-0.15, -0.1) is 0 Å². The monoisotopic (exact) mass is 528 g/mol. The summed E-state index contributed by atoms with van der Waals surface area (Å²) in [5.41, 5.74) is 2.80. The molecule has 3 amide bonds. The van der Waals surface area contributed by atoms with Gasteiger partial charge in [0.25, 0.3) is 11.6 Å². The van der Waals surface area contributed by atoms with Crippen molar-refractivity contribution in [3.63, 3.8) is 0 Å². The van der Waals surface area contributed by atoms with E-state index in [0.29, 0.717) is 35.5 Å². The Morgan fingerprint density at radius 3 is 2.26 bits per heavy atom. The number of ether oxygens (including phenoxy) is 1. The Labute approximate surface area is 225 Å².